The molecule has 0 aromatic carbocycles. The SMILES string of the molecule is CCCN1CCCC(n2c(=O)cc(C)c3cncnc32)C1. The molecule has 1 aliphatic heterocycles. The summed E-state index contributed by atoms with van der Waals surface area (Å²) in [4.78, 5) is 23.4. The van der Waals surface area contributed by atoms with Crippen molar-refractivity contribution in [1.29, 1.82) is 0 Å². The number of hydrogen-bond donors (Lipinski definition) is 0. The third kappa shape index (κ3) is 2.70. The quantitative estimate of drug-likeness (QED) is 0.867. The van der Waals surface area contributed by atoms with Crippen molar-refractivity contribution in [2.45, 2.75) is 39.2 Å². The van der Waals surface area contributed by atoms with Crippen molar-refractivity contribution < 1.29 is 0 Å². The number of hydrogen-bond acceptors (Lipinski definition) is 4. The summed E-state index contributed by atoms with van der Waals surface area (Å²) in [6, 6.07) is 1.93. The van der Waals surface area contributed by atoms with Gasteiger partial charge in [0.05, 0.1) is 6.04 Å². The molecule has 0 amide bonds. The van der Waals surface area contributed by atoms with Gasteiger partial charge in [0.1, 0.15) is 12.0 Å². The first-order chi connectivity index (χ1) is 10.2. The van der Waals surface area contributed by atoms with Crippen molar-refractivity contribution in [1.82, 2.24) is 19.4 Å². The number of nitrogens with zero attached hydrogens (tertiary/aromatic N) is 4. The fraction of sp³-hybridized carbons (Fsp3) is 0.562. The maximum absolute atomic E-state index is 12.5. The van der Waals surface area contributed by atoms with Gasteiger partial charge in [0.2, 0.25) is 0 Å². The first kappa shape index (κ1) is 14.2. The van der Waals surface area contributed by atoms with Crippen molar-refractivity contribution in [3.05, 3.63) is 34.5 Å². The lowest BCUT2D eigenvalue weighted by Crippen LogP contribution is -2.40. The summed E-state index contributed by atoms with van der Waals surface area (Å²) in [7, 11) is 0. The van der Waals surface area contributed by atoms with E-state index in [1.54, 1.807) is 12.3 Å². The predicted molar refractivity (Wildman–Crippen MR) is 83.5 cm³/mol. The van der Waals surface area contributed by atoms with Crippen molar-refractivity contribution in [3.63, 3.8) is 0 Å². The summed E-state index contributed by atoms with van der Waals surface area (Å²) in [5.41, 5.74) is 1.79. The standard InChI is InChI=1S/C16H22N4O/c1-3-6-19-7-4-5-13(10-19)20-15(21)8-12(2)14-9-17-11-18-16(14)20/h8-9,11,13H,3-7,10H2,1-2H3. The van der Waals surface area contributed by atoms with Crippen molar-refractivity contribution in [2.75, 3.05) is 19.6 Å². The van der Waals surface area contributed by atoms with Crippen LogP contribution in [0.1, 0.15) is 37.8 Å². The number of aryl methyl sites for hydroxylation is 1. The van der Waals surface area contributed by atoms with E-state index in [2.05, 4.69) is 21.8 Å². The average Bonchev–Trinajstić information content (AvgIpc) is 2.48. The minimum Gasteiger partial charge on any atom is -0.301 e. The lowest BCUT2D eigenvalue weighted by molar-refractivity contribution is 0.177. The van der Waals surface area contributed by atoms with Crippen LogP contribution in [0.2, 0.25) is 0 Å². The molecule has 1 unspecified atom stereocenters. The van der Waals surface area contributed by atoms with Crippen LogP contribution in [0.3, 0.4) is 0 Å². The molecule has 112 valence electrons. The van der Waals surface area contributed by atoms with Gasteiger partial charge in [0.15, 0.2) is 0 Å². The molecular formula is C16H22N4O. The third-order valence-electron chi connectivity index (χ3n) is 4.31. The summed E-state index contributed by atoms with van der Waals surface area (Å²) in [5.74, 6) is 0. The van der Waals surface area contributed by atoms with Crippen LogP contribution < -0.4 is 5.56 Å². The summed E-state index contributed by atoms with van der Waals surface area (Å²) >= 11 is 0. The van der Waals surface area contributed by atoms with Gasteiger partial charge in [-0.15, -0.1) is 0 Å². The molecule has 1 saturated heterocycles. The zero-order valence-electron chi connectivity index (χ0n) is 12.7. The van der Waals surface area contributed by atoms with Crippen molar-refractivity contribution in [3.8, 4) is 0 Å². The van der Waals surface area contributed by atoms with Gasteiger partial charge >= 0.3 is 0 Å². The summed E-state index contributed by atoms with van der Waals surface area (Å²) in [6.45, 7) is 7.32. The van der Waals surface area contributed by atoms with E-state index in [1.807, 2.05) is 11.5 Å². The molecule has 3 rings (SSSR count). The highest BCUT2D eigenvalue weighted by molar-refractivity contribution is 5.77. The van der Waals surface area contributed by atoms with Gasteiger partial charge in [-0.25, -0.2) is 9.97 Å². The van der Waals surface area contributed by atoms with Crippen LogP contribution in [-0.2, 0) is 0 Å². The molecule has 1 fully saturated rings. The largest absolute Gasteiger partial charge is 0.301 e. The lowest BCUT2D eigenvalue weighted by Gasteiger charge is -2.33. The Kier molecular flexibility index (Phi) is 4.01. The molecular weight excluding hydrogens is 264 g/mol. The Morgan fingerprint density at radius 2 is 2.29 bits per heavy atom. The Morgan fingerprint density at radius 3 is 3.10 bits per heavy atom. The Bertz CT molecular complexity index is 692. The van der Waals surface area contributed by atoms with E-state index >= 15 is 0 Å². The van der Waals surface area contributed by atoms with E-state index in [1.165, 1.54) is 6.33 Å². The third-order valence-corrected chi connectivity index (χ3v) is 4.31. The molecule has 1 aliphatic rings. The van der Waals surface area contributed by atoms with Crippen molar-refractivity contribution >= 4 is 11.0 Å². The number of likely N-dealkylation sites (tertiary alicyclic amines) is 1. The Hall–Kier alpha value is -1.75. The fourth-order valence-electron chi connectivity index (χ4n) is 3.34. The highest BCUT2D eigenvalue weighted by atomic mass is 16.1. The van der Waals surface area contributed by atoms with E-state index in [0.29, 0.717) is 0 Å². The van der Waals surface area contributed by atoms with Crippen LogP contribution in [0.25, 0.3) is 11.0 Å². The van der Waals surface area contributed by atoms with Gasteiger partial charge in [-0.2, -0.15) is 0 Å². The Balaban J connectivity index is 2.05. The van der Waals surface area contributed by atoms with E-state index in [4.69, 9.17) is 0 Å². The Morgan fingerprint density at radius 1 is 1.43 bits per heavy atom. The fourth-order valence-corrected chi connectivity index (χ4v) is 3.34. The molecule has 0 saturated carbocycles. The molecule has 5 heteroatoms. The molecule has 0 N–H and O–H groups in total. The van der Waals surface area contributed by atoms with E-state index in [-0.39, 0.29) is 11.6 Å². The van der Waals surface area contributed by atoms with Crippen LogP contribution in [0.4, 0.5) is 0 Å². The lowest BCUT2D eigenvalue weighted by atomic mass is 10.0. The number of aromatic nitrogens is 3. The van der Waals surface area contributed by atoms with E-state index in [0.717, 1.165) is 55.5 Å². The average molecular weight is 286 g/mol. The number of rotatable bonds is 3. The minimum absolute atomic E-state index is 0.0575. The molecule has 21 heavy (non-hydrogen) atoms. The summed E-state index contributed by atoms with van der Waals surface area (Å²) in [5, 5.41) is 0.977. The predicted octanol–water partition coefficient (Wildman–Crippen LogP) is 2.15. The molecule has 0 bridgehead atoms. The molecule has 2 aromatic rings. The van der Waals surface area contributed by atoms with Crippen molar-refractivity contribution in [2.24, 2.45) is 0 Å². The van der Waals surface area contributed by atoms with Crippen LogP contribution in [0, 0.1) is 6.92 Å². The highest BCUT2D eigenvalue weighted by Crippen LogP contribution is 2.24. The molecule has 0 spiro atoms. The summed E-state index contributed by atoms with van der Waals surface area (Å²) < 4.78 is 1.88. The highest BCUT2D eigenvalue weighted by Gasteiger charge is 2.23. The smallest absolute Gasteiger partial charge is 0.252 e. The Labute approximate surface area is 124 Å². The molecule has 2 aromatic heterocycles. The zero-order chi connectivity index (χ0) is 14.8. The van der Waals surface area contributed by atoms with Gasteiger partial charge in [-0.3, -0.25) is 9.36 Å². The molecule has 0 aliphatic carbocycles. The van der Waals surface area contributed by atoms with Crippen LogP contribution >= 0.6 is 0 Å². The minimum atomic E-state index is 0.0575. The van der Waals surface area contributed by atoms with E-state index < -0.39 is 0 Å². The number of pyridine rings is 1. The second-order valence-corrected chi connectivity index (χ2v) is 5.89. The molecule has 5 nitrogen and oxygen atoms in total. The van der Waals surface area contributed by atoms with Gasteiger partial charge < -0.3 is 4.90 Å². The van der Waals surface area contributed by atoms with Gasteiger partial charge in [0, 0.05) is 24.2 Å². The topological polar surface area (TPSA) is 51.0 Å². The van der Waals surface area contributed by atoms with Gasteiger partial charge in [-0.1, -0.05) is 6.92 Å². The van der Waals surface area contributed by atoms with Gasteiger partial charge in [-0.05, 0) is 44.8 Å². The summed E-state index contributed by atoms with van der Waals surface area (Å²) in [6.07, 6.45) is 6.67. The van der Waals surface area contributed by atoms with Crippen LogP contribution in [0.15, 0.2) is 23.4 Å². The molecule has 1 atom stereocenters. The van der Waals surface area contributed by atoms with Gasteiger partial charge in [0.25, 0.3) is 5.56 Å². The first-order valence-electron chi connectivity index (χ1n) is 7.75. The monoisotopic (exact) mass is 286 g/mol. The normalized spacial score (nSPS) is 20.0. The maximum Gasteiger partial charge on any atom is 0.252 e. The number of piperidine rings is 1. The molecule has 0 radical (unpaired) electrons. The number of fused-ring (bicyclic) bond motifs is 1. The van der Waals surface area contributed by atoms with Crippen LogP contribution in [-0.4, -0.2) is 39.1 Å². The van der Waals surface area contributed by atoms with E-state index in [9.17, 15) is 4.79 Å². The maximum atomic E-state index is 12.5. The second-order valence-electron chi connectivity index (χ2n) is 5.89. The second kappa shape index (κ2) is 5.93. The zero-order valence-corrected chi connectivity index (χ0v) is 12.7. The molecule has 3 heterocycles. The van der Waals surface area contributed by atoms with Crippen LogP contribution in [0.5, 0.6) is 0 Å². The first-order valence-corrected chi connectivity index (χ1v) is 7.75.